The van der Waals surface area contributed by atoms with Crippen molar-refractivity contribution in [3.63, 3.8) is 0 Å². The zero-order valence-corrected chi connectivity index (χ0v) is 14.6. The highest BCUT2D eigenvalue weighted by atomic mass is 16.3. The van der Waals surface area contributed by atoms with Crippen molar-refractivity contribution in [2.45, 2.75) is 84.4 Å². The van der Waals surface area contributed by atoms with Gasteiger partial charge in [0.1, 0.15) is 0 Å². The lowest BCUT2D eigenvalue weighted by Crippen LogP contribution is -2.52. The predicted octanol–water partition coefficient (Wildman–Crippen LogP) is 3.03. The normalized spacial score (nSPS) is 30.7. The van der Waals surface area contributed by atoms with E-state index in [1.807, 2.05) is 0 Å². The van der Waals surface area contributed by atoms with Crippen LogP contribution >= 0.6 is 0 Å². The zero-order chi connectivity index (χ0) is 15.5. The van der Waals surface area contributed by atoms with Gasteiger partial charge in [-0.25, -0.2) is 0 Å². The van der Waals surface area contributed by atoms with Gasteiger partial charge in [0, 0.05) is 25.2 Å². The maximum Gasteiger partial charge on any atom is 0.0591 e. The fourth-order valence-electron chi connectivity index (χ4n) is 3.95. The molecule has 1 saturated carbocycles. The second-order valence-electron chi connectivity index (χ2n) is 8.42. The molecule has 3 unspecified atom stereocenters. The van der Waals surface area contributed by atoms with Crippen LogP contribution in [0, 0.1) is 11.3 Å². The molecule has 3 heteroatoms. The van der Waals surface area contributed by atoms with Crippen molar-refractivity contribution >= 4 is 0 Å². The van der Waals surface area contributed by atoms with Gasteiger partial charge >= 0.3 is 0 Å². The molecule has 3 atom stereocenters. The Kier molecular flexibility index (Phi) is 6.10. The van der Waals surface area contributed by atoms with E-state index in [2.05, 4.69) is 37.9 Å². The maximum atomic E-state index is 10.4. The minimum Gasteiger partial charge on any atom is -0.393 e. The summed E-state index contributed by atoms with van der Waals surface area (Å²) >= 11 is 0. The molecule has 3 nitrogen and oxygen atoms in total. The molecule has 0 amide bonds. The lowest BCUT2D eigenvalue weighted by molar-refractivity contribution is 0.0221. The number of nitrogens with zero attached hydrogens (tertiary/aromatic N) is 1. The van der Waals surface area contributed by atoms with Crippen molar-refractivity contribution in [3.05, 3.63) is 0 Å². The molecule has 2 fully saturated rings. The van der Waals surface area contributed by atoms with Crippen LogP contribution in [0.4, 0.5) is 0 Å². The molecule has 124 valence electrons. The van der Waals surface area contributed by atoms with Crippen LogP contribution in [0.3, 0.4) is 0 Å². The van der Waals surface area contributed by atoms with E-state index >= 15 is 0 Å². The largest absolute Gasteiger partial charge is 0.393 e. The van der Waals surface area contributed by atoms with Crippen LogP contribution in [-0.2, 0) is 0 Å². The summed E-state index contributed by atoms with van der Waals surface area (Å²) in [5.41, 5.74) is 0.00285. The molecule has 1 aliphatic carbocycles. The highest BCUT2D eigenvalue weighted by Crippen LogP contribution is 2.29. The third-order valence-electron chi connectivity index (χ3n) is 5.44. The van der Waals surface area contributed by atoms with Crippen LogP contribution in [0.15, 0.2) is 0 Å². The first-order valence-electron chi connectivity index (χ1n) is 9.05. The number of aliphatic hydroxyl groups is 1. The standard InChI is InChI=1S/C18H36N2O/c1-5-20-12-14(11-17(21)18(2,3)4)10-16(13-20)19-15-8-6-7-9-15/h14-17,19,21H,5-13H2,1-4H3. The summed E-state index contributed by atoms with van der Waals surface area (Å²) < 4.78 is 0. The number of piperidine rings is 1. The van der Waals surface area contributed by atoms with Gasteiger partial charge in [0.05, 0.1) is 6.10 Å². The monoisotopic (exact) mass is 296 g/mol. The van der Waals surface area contributed by atoms with Crippen molar-refractivity contribution in [1.82, 2.24) is 10.2 Å². The van der Waals surface area contributed by atoms with E-state index in [1.54, 1.807) is 0 Å². The van der Waals surface area contributed by atoms with E-state index in [4.69, 9.17) is 0 Å². The Hall–Kier alpha value is -0.120. The molecule has 0 radical (unpaired) electrons. The molecule has 1 aliphatic heterocycles. The van der Waals surface area contributed by atoms with Gasteiger partial charge in [-0.15, -0.1) is 0 Å². The molecule has 1 heterocycles. The third kappa shape index (κ3) is 5.22. The highest BCUT2D eigenvalue weighted by Gasteiger charge is 2.32. The van der Waals surface area contributed by atoms with Gasteiger partial charge < -0.3 is 15.3 Å². The Bertz CT molecular complexity index is 307. The first-order chi connectivity index (χ1) is 9.88. The predicted molar refractivity (Wildman–Crippen MR) is 89.5 cm³/mol. The Morgan fingerprint density at radius 1 is 1.14 bits per heavy atom. The average Bonchev–Trinajstić information content (AvgIpc) is 2.90. The lowest BCUT2D eigenvalue weighted by Gasteiger charge is -2.40. The number of hydrogen-bond donors (Lipinski definition) is 2. The molecule has 2 N–H and O–H groups in total. The van der Waals surface area contributed by atoms with E-state index in [0.717, 1.165) is 25.6 Å². The van der Waals surface area contributed by atoms with Crippen molar-refractivity contribution in [2.24, 2.45) is 11.3 Å². The summed E-state index contributed by atoms with van der Waals surface area (Å²) in [6, 6.07) is 1.37. The molecule has 1 saturated heterocycles. The lowest BCUT2D eigenvalue weighted by atomic mass is 9.80. The summed E-state index contributed by atoms with van der Waals surface area (Å²) in [4.78, 5) is 2.57. The molecule has 0 aromatic carbocycles. The SMILES string of the molecule is CCN1CC(CC(O)C(C)(C)C)CC(NC2CCCC2)C1. The van der Waals surface area contributed by atoms with Gasteiger partial charge in [0.15, 0.2) is 0 Å². The van der Waals surface area contributed by atoms with E-state index in [0.29, 0.717) is 12.0 Å². The number of likely N-dealkylation sites (N-methyl/N-ethyl adjacent to an activating group) is 1. The first-order valence-corrected chi connectivity index (χ1v) is 9.05. The van der Waals surface area contributed by atoms with Crippen LogP contribution < -0.4 is 5.32 Å². The van der Waals surface area contributed by atoms with Gasteiger partial charge in [0.25, 0.3) is 0 Å². The fourth-order valence-corrected chi connectivity index (χ4v) is 3.95. The molecule has 0 spiro atoms. The second kappa shape index (κ2) is 7.43. The second-order valence-corrected chi connectivity index (χ2v) is 8.42. The molecule has 0 bridgehead atoms. The van der Waals surface area contributed by atoms with Crippen LogP contribution in [0.1, 0.15) is 66.2 Å². The first kappa shape index (κ1) is 17.2. The average molecular weight is 296 g/mol. The third-order valence-corrected chi connectivity index (χ3v) is 5.44. The molecular weight excluding hydrogens is 260 g/mol. The summed E-state index contributed by atoms with van der Waals surface area (Å²) in [5, 5.41) is 14.3. The summed E-state index contributed by atoms with van der Waals surface area (Å²) in [5.74, 6) is 0.631. The Balaban J connectivity index is 1.88. The van der Waals surface area contributed by atoms with E-state index < -0.39 is 0 Å². The summed E-state index contributed by atoms with van der Waals surface area (Å²) in [6.45, 7) is 12.2. The summed E-state index contributed by atoms with van der Waals surface area (Å²) in [6.07, 6.45) is 7.51. The smallest absolute Gasteiger partial charge is 0.0591 e. The molecular formula is C18H36N2O. The quantitative estimate of drug-likeness (QED) is 0.818. The number of nitrogens with one attached hydrogen (secondary N) is 1. The fraction of sp³-hybridized carbons (Fsp3) is 1.00. The molecule has 0 aromatic heterocycles. The molecule has 2 aliphatic rings. The van der Waals surface area contributed by atoms with Gasteiger partial charge in [-0.1, -0.05) is 40.5 Å². The maximum absolute atomic E-state index is 10.4. The number of likely N-dealkylation sites (tertiary alicyclic amines) is 1. The van der Waals surface area contributed by atoms with Crippen molar-refractivity contribution in [2.75, 3.05) is 19.6 Å². The van der Waals surface area contributed by atoms with E-state index in [9.17, 15) is 5.11 Å². The van der Waals surface area contributed by atoms with E-state index in [-0.39, 0.29) is 11.5 Å². The van der Waals surface area contributed by atoms with E-state index in [1.165, 1.54) is 38.6 Å². The minimum atomic E-state index is -0.188. The minimum absolute atomic E-state index is 0.00285. The Labute approximate surface area is 131 Å². The molecule has 0 aromatic rings. The molecule has 21 heavy (non-hydrogen) atoms. The zero-order valence-electron chi connectivity index (χ0n) is 14.6. The summed E-state index contributed by atoms with van der Waals surface area (Å²) in [7, 11) is 0. The van der Waals surface area contributed by atoms with Crippen molar-refractivity contribution in [1.29, 1.82) is 0 Å². The highest BCUT2D eigenvalue weighted by molar-refractivity contribution is 4.88. The topological polar surface area (TPSA) is 35.5 Å². The Morgan fingerprint density at radius 3 is 2.38 bits per heavy atom. The number of hydrogen-bond acceptors (Lipinski definition) is 3. The van der Waals surface area contributed by atoms with Crippen LogP contribution in [0.2, 0.25) is 0 Å². The van der Waals surface area contributed by atoms with Crippen LogP contribution in [0.5, 0.6) is 0 Å². The number of aliphatic hydroxyl groups excluding tert-OH is 1. The van der Waals surface area contributed by atoms with Crippen molar-refractivity contribution < 1.29 is 5.11 Å². The van der Waals surface area contributed by atoms with Gasteiger partial charge in [-0.05, 0) is 43.6 Å². The van der Waals surface area contributed by atoms with Crippen LogP contribution in [-0.4, -0.2) is 47.8 Å². The van der Waals surface area contributed by atoms with Gasteiger partial charge in [0.2, 0.25) is 0 Å². The Morgan fingerprint density at radius 2 is 1.81 bits per heavy atom. The van der Waals surface area contributed by atoms with Crippen molar-refractivity contribution in [3.8, 4) is 0 Å². The number of rotatable bonds is 5. The van der Waals surface area contributed by atoms with Gasteiger partial charge in [-0.2, -0.15) is 0 Å². The van der Waals surface area contributed by atoms with Crippen LogP contribution in [0.25, 0.3) is 0 Å². The molecule has 2 rings (SSSR count). The van der Waals surface area contributed by atoms with Gasteiger partial charge in [-0.3, -0.25) is 0 Å².